The number of fused-ring (bicyclic) bond motifs is 4. The Hall–Kier alpha value is -2.98. The number of carbonyl (C=O) groups is 1. The lowest BCUT2D eigenvalue weighted by Crippen LogP contribution is -2.29. The van der Waals surface area contributed by atoms with Gasteiger partial charge in [-0.15, -0.1) is 0 Å². The van der Waals surface area contributed by atoms with Crippen molar-refractivity contribution in [3.8, 4) is 11.3 Å². The molecule has 1 aliphatic carbocycles. The fraction of sp³-hybridized carbons (Fsp3) is 0.100. The smallest absolute Gasteiger partial charge is 0.253 e. The van der Waals surface area contributed by atoms with Crippen LogP contribution in [0.2, 0.25) is 0 Å². The molecule has 0 bridgehead atoms. The van der Waals surface area contributed by atoms with Gasteiger partial charge < -0.3 is 11.1 Å². The Morgan fingerprint density at radius 2 is 1.88 bits per heavy atom. The number of amides is 1. The Kier molecular flexibility index (Phi) is 3.40. The van der Waals surface area contributed by atoms with E-state index in [-0.39, 0.29) is 5.91 Å². The monoisotopic (exact) mass is 315 g/mol. The lowest BCUT2D eigenvalue weighted by molar-refractivity contribution is 0.0956. The highest BCUT2D eigenvalue weighted by Crippen LogP contribution is 2.43. The van der Waals surface area contributed by atoms with Crippen LogP contribution in [0.1, 0.15) is 21.5 Å². The highest BCUT2D eigenvalue weighted by atomic mass is 16.1. The Morgan fingerprint density at radius 3 is 2.67 bits per heavy atom. The van der Waals surface area contributed by atoms with Gasteiger partial charge in [-0.2, -0.15) is 0 Å². The van der Waals surface area contributed by atoms with Crippen LogP contribution in [0.15, 0.2) is 55.1 Å². The van der Waals surface area contributed by atoms with Gasteiger partial charge in [-0.05, 0) is 23.3 Å². The highest BCUT2D eigenvalue weighted by Gasteiger charge is 2.24. The van der Waals surface area contributed by atoms with Crippen LogP contribution in [-0.2, 0) is 0 Å². The standard InChI is InChI=1S/C20H17N3O/c1-12-14-6-2-3-7-15(14)19-17(12)11-13-5-4-8-16(18(13)23-19)20(24)22-10-9-21/h2-8,11H,1,9-10,21H2,(H,22,24). The van der Waals surface area contributed by atoms with Crippen molar-refractivity contribution in [1.29, 1.82) is 0 Å². The zero-order valence-electron chi connectivity index (χ0n) is 13.2. The lowest BCUT2D eigenvalue weighted by Gasteiger charge is -2.09. The summed E-state index contributed by atoms with van der Waals surface area (Å²) in [4.78, 5) is 17.2. The van der Waals surface area contributed by atoms with Gasteiger partial charge in [0.05, 0.1) is 16.8 Å². The number of aromatic nitrogens is 1. The third kappa shape index (κ3) is 2.12. The third-order valence-electron chi connectivity index (χ3n) is 4.35. The van der Waals surface area contributed by atoms with Gasteiger partial charge in [0.1, 0.15) is 0 Å². The quantitative estimate of drug-likeness (QED) is 0.611. The summed E-state index contributed by atoms with van der Waals surface area (Å²) in [5.74, 6) is -0.149. The number of hydrogen-bond acceptors (Lipinski definition) is 3. The molecule has 4 nitrogen and oxygen atoms in total. The predicted octanol–water partition coefficient (Wildman–Crippen LogP) is 2.97. The molecule has 1 heterocycles. The third-order valence-corrected chi connectivity index (χ3v) is 4.35. The van der Waals surface area contributed by atoms with E-state index in [0.29, 0.717) is 24.2 Å². The van der Waals surface area contributed by atoms with Crippen molar-refractivity contribution < 1.29 is 4.79 Å². The average molecular weight is 315 g/mol. The Labute approximate surface area is 140 Å². The van der Waals surface area contributed by atoms with Crippen molar-refractivity contribution in [1.82, 2.24) is 10.3 Å². The van der Waals surface area contributed by atoms with E-state index < -0.39 is 0 Å². The number of benzene rings is 2. The minimum atomic E-state index is -0.149. The van der Waals surface area contributed by atoms with Crippen LogP contribution >= 0.6 is 0 Å². The van der Waals surface area contributed by atoms with Crippen molar-refractivity contribution in [3.63, 3.8) is 0 Å². The fourth-order valence-electron chi connectivity index (χ4n) is 3.20. The van der Waals surface area contributed by atoms with Gasteiger partial charge in [-0.1, -0.05) is 43.0 Å². The topological polar surface area (TPSA) is 68.0 Å². The molecule has 1 aliphatic rings. The fourth-order valence-corrected chi connectivity index (χ4v) is 3.20. The maximum atomic E-state index is 12.4. The molecular weight excluding hydrogens is 298 g/mol. The van der Waals surface area contributed by atoms with Crippen molar-refractivity contribution in [2.75, 3.05) is 13.1 Å². The number of hydrogen-bond donors (Lipinski definition) is 2. The first-order valence-electron chi connectivity index (χ1n) is 7.92. The zero-order chi connectivity index (χ0) is 16.7. The lowest BCUT2D eigenvalue weighted by atomic mass is 10.0. The summed E-state index contributed by atoms with van der Waals surface area (Å²) in [6.07, 6.45) is 0. The zero-order valence-corrected chi connectivity index (χ0v) is 13.2. The molecule has 0 unspecified atom stereocenters. The number of para-hydroxylation sites is 1. The summed E-state index contributed by atoms with van der Waals surface area (Å²) < 4.78 is 0. The number of pyridine rings is 1. The number of nitrogens with one attached hydrogen (secondary N) is 1. The molecule has 0 radical (unpaired) electrons. The molecule has 0 saturated heterocycles. The summed E-state index contributed by atoms with van der Waals surface area (Å²) in [5.41, 5.74) is 11.8. The Balaban J connectivity index is 1.93. The summed E-state index contributed by atoms with van der Waals surface area (Å²) in [5, 5.41) is 3.75. The average Bonchev–Trinajstić information content (AvgIpc) is 2.90. The van der Waals surface area contributed by atoms with Gasteiger partial charge >= 0.3 is 0 Å². The van der Waals surface area contributed by atoms with E-state index in [1.807, 2.05) is 30.3 Å². The minimum Gasteiger partial charge on any atom is -0.351 e. The molecule has 0 fully saturated rings. The molecule has 1 amide bonds. The van der Waals surface area contributed by atoms with Gasteiger partial charge in [0.15, 0.2) is 0 Å². The van der Waals surface area contributed by atoms with Crippen LogP contribution in [0, 0.1) is 0 Å². The largest absolute Gasteiger partial charge is 0.351 e. The van der Waals surface area contributed by atoms with Crippen molar-refractivity contribution in [2.45, 2.75) is 0 Å². The van der Waals surface area contributed by atoms with Crippen molar-refractivity contribution in [3.05, 3.63) is 71.8 Å². The first-order chi connectivity index (χ1) is 11.7. The molecule has 3 N–H and O–H groups in total. The molecule has 118 valence electrons. The normalized spacial score (nSPS) is 12.1. The second-order valence-corrected chi connectivity index (χ2v) is 5.83. The maximum Gasteiger partial charge on any atom is 0.253 e. The van der Waals surface area contributed by atoms with Gasteiger partial charge in [-0.25, -0.2) is 4.98 Å². The molecular formula is C20H17N3O. The molecule has 4 heteroatoms. The second-order valence-electron chi connectivity index (χ2n) is 5.83. The summed E-state index contributed by atoms with van der Waals surface area (Å²) >= 11 is 0. The summed E-state index contributed by atoms with van der Waals surface area (Å²) in [6.45, 7) is 5.06. The van der Waals surface area contributed by atoms with E-state index >= 15 is 0 Å². The van der Waals surface area contributed by atoms with Crippen LogP contribution in [0.3, 0.4) is 0 Å². The van der Waals surface area contributed by atoms with E-state index in [1.165, 1.54) is 0 Å². The van der Waals surface area contributed by atoms with Crippen molar-refractivity contribution >= 4 is 22.4 Å². The molecule has 3 aromatic rings. The van der Waals surface area contributed by atoms with Gasteiger partial charge in [0.2, 0.25) is 0 Å². The van der Waals surface area contributed by atoms with E-state index in [1.54, 1.807) is 6.07 Å². The number of nitrogens with zero attached hydrogens (tertiary/aromatic N) is 1. The Bertz CT molecular complexity index is 991. The Morgan fingerprint density at radius 1 is 1.08 bits per heavy atom. The molecule has 0 saturated carbocycles. The molecule has 2 aromatic carbocycles. The van der Waals surface area contributed by atoms with E-state index in [4.69, 9.17) is 10.7 Å². The first kappa shape index (κ1) is 14.6. The van der Waals surface area contributed by atoms with Crippen LogP contribution in [0.5, 0.6) is 0 Å². The molecule has 24 heavy (non-hydrogen) atoms. The van der Waals surface area contributed by atoms with E-state index in [0.717, 1.165) is 33.3 Å². The van der Waals surface area contributed by atoms with Gasteiger partial charge in [0.25, 0.3) is 5.91 Å². The minimum absolute atomic E-state index is 0.149. The van der Waals surface area contributed by atoms with Gasteiger partial charge in [0, 0.05) is 29.6 Å². The van der Waals surface area contributed by atoms with Crippen LogP contribution in [0.4, 0.5) is 0 Å². The van der Waals surface area contributed by atoms with E-state index in [2.05, 4.69) is 24.0 Å². The predicted molar refractivity (Wildman–Crippen MR) is 96.7 cm³/mol. The SMILES string of the molecule is C=C1c2ccccc2-c2nc3c(C(=O)NCCN)cccc3cc21. The highest BCUT2D eigenvalue weighted by molar-refractivity contribution is 6.08. The number of rotatable bonds is 3. The summed E-state index contributed by atoms with van der Waals surface area (Å²) in [6, 6.07) is 15.8. The van der Waals surface area contributed by atoms with Crippen LogP contribution in [0.25, 0.3) is 27.7 Å². The molecule has 1 aromatic heterocycles. The first-order valence-corrected chi connectivity index (χ1v) is 7.92. The van der Waals surface area contributed by atoms with Crippen LogP contribution in [-0.4, -0.2) is 24.0 Å². The van der Waals surface area contributed by atoms with Crippen LogP contribution < -0.4 is 11.1 Å². The van der Waals surface area contributed by atoms with Gasteiger partial charge in [-0.3, -0.25) is 4.79 Å². The van der Waals surface area contributed by atoms with E-state index in [9.17, 15) is 4.79 Å². The number of nitrogens with two attached hydrogens (primary N) is 1. The molecule has 4 rings (SSSR count). The molecule has 0 spiro atoms. The molecule has 0 aliphatic heterocycles. The number of carbonyl (C=O) groups excluding carboxylic acids is 1. The molecule has 0 atom stereocenters. The van der Waals surface area contributed by atoms with Crippen molar-refractivity contribution in [2.24, 2.45) is 5.73 Å². The summed E-state index contributed by atoms with van der Waals surface area (Å²) in [7, 11) is 0. The maximum absolute atomic E-state index is 12.4. The second kappa shape index (κ2) is 5.58.